The minimum Gasteiger partial charge on any atom is -0.484 e. The highest BCUT2D eigenvalue weighted by Crippen LogP contribution is 2.25. The number of hydrogen-bond donors (Lipinski definition) is 0. The van der Waals surface area contributed by atoms with Crippen LogP contribution in [-0.2, 0) is 9.59 Å². The molecular weight excluding hydrogens is 278 g/mol. The second-order valence-corrected chi connectivity index (χ2v) is 5.46. The SMILES string of the molecule is Cc1cc(OCC(=O)N2CCC(=O)CC2)cc(C)c1Cl. The van der Waals surface area contributed by atoms with Crippen LogP contribution in [0.5, 0.6) is 5.75 Å². The number of likely N-dealkylation sites (tertiary alicyclic amines) is 1. The van der Waals surface area contributed by atoms with E-state index in [4.69, 9.17) is 16.3 Å². The highest BCUT2D eigenvalue weighted by Gasteiger charge is 2.21. The molecule has 0 bridgehead atoms. The number of carbonyl (C=O) groups is 2. The lowest BCUT2D eigenvalue weighted by atomic mass is 10.1. The predicted molar refractivity (Wildman–Crippen MR) is 77.2 cm³/mol. The van der Waals surface area contributed by atoms with Crippen molar-refractivity contribution >= 4 is 23.3 Å². The molecule has 1 fully saturated rings. The van der Waals surface area contributed by atoms with Gasteiger partial charge in [0, 0.05) is 31.0 Å². The predicted octanol–water partition coefficient (Wildman–Crippen LogP) is 2.53. The van der Waals surface area contributed by atoms with Gasteiger partial charge in [0.25, 0.3) is 5.91 Å². The van der Waals surface area contributed by atoms with Crippen LogP contribution >= 0.6 is 11.6 Å². The number of rotatable bonds is 3. The first-order valence-electron chi connectivity index (χ1n) is 6.66. The first-order chi connectivity index (χ1) is 9.47. The molecule has 1 aromatic carbocycles. The summed E-state index contributed by atoms with van der Waals surface area (Å²) < 4.78 is 5.53. The fourth-order valence-corrected chi connectivity index (χ4v) is 2.34. The molecule has 4 nitrogen and oxygen atoms in total. The summed E-state index contributed by atoms with van der Waals surface area (Å²) in [4.78, 5) is 24.8. The van der Waals surface area contributed by atoms with E-state index in [1.807, 2.05) is 26.0 Å². The van der Waals surface area contributed by atoms with Gasteiger partial charge >= 0.3 is 0 Å². The van der Waals surface area contributed by atoms with E-state index < -0.39 is 0 Å². The summed E-state index contributed by atoms with van der Waals surface area (Å²) >= 11 is 6.09. The van der Waals surface area contributed by atoms with Gasteiger partial charge in [-0.1, -0.05) is 11.6 Å². The maximum absolute atomic E-state index is 12.0. The molecule has 108 valence electrons. The van der Waals surface area contributed by atoms with Crippen LogP contribution in [0, 0.1) is 13.8 Å². The molecule has 5 heteroatoms. The van der Waals surface area contributed by atoms with Crippen LogP contribution in [0.3, 0.4) is 0 Å². The maximum atomic E-state index is 12.0. The molecule has 1 aliphatic rings. The van der Waals surface area contributed by atoms with Gasteiger partial charge in [-0.15, -0.1) is 0 Å². The number of nitrogens with zero attached hydrogens (tertiary/aromatic N) is 1. The number of halogens is 1. The standard InChI is InChI=1S/C15H18ClNO3/c1-10-7-13(8-11(2)15(10)16)20-9-14(19)17-5-3-12(18)4-6-17/h7-8H,3-6,9H2,1-2H3. The molecule has 0 N–H and O–H groups in total. The Morgan fingerprint density at radius 1 is 1.25 bits per heavy atom. The summed E-state index contributed by atoms with van der Waals surface area (Å²) in [6.45, 7) is 4.80. The van der Waals surface area contributed by atoms with Gasteiger partial charge in [0.2, 0.25) is 0 Å². The van der Waals surface area contributed by atoms with Crippen LogP contribution in [0.4, 0.5) is 0 Å². The van der Waals surface area contributed by atoms with Gasteiger partial charge in [0.05, 0.1) is 0 Å². The van der Waals surface area contributed by atoms with Crippen molar-refractivity contribution < 1.29 is 14.3 Å². The Balaban J connectivity index is 1.92. The van der Waals surface area contributed by atoms with E-state index in [-0.39, 0.29) is 18.3 Å². The number of Topliss-reactive ketones (excluding diaryl/α,β-unsaturated/α-hetero) is 1. The monoisotopic (exact) mass is 295 g/mol. The van der Waals surface area contributed by atoms with Gasteiger partial charge in [-0.05, 0) is 37.1 Å². The average molecular weight is 296 g/mol. The van der Waals surface area contributed by atoms with Crippen molar-refractivity contribution in [1.82, 2.24) is 4.90 Å². The van der Waals surface area contributed by atoms with Gasteiger partial charge in [-0.2, -0.15) is 0 Å². The molecule has 1 amide bonds. The lowest BCUT2D eigenvalue weighted by Crippen LogP contribution is -2.41. The molecule has 0 atom stereocenters. The van der Waals surface area contributed by atoms with Crippen LogP contribution in [0.1, 0.15) is 24.0 Å². The van der Waals surface area contributed by atoms with Crippen molar-refractivity contribution in [3.05, 3.63) is 28.3 Å². The number of ether oxygens (including phenoxy) is 1. The van der Waals surface area contributed by atoms with Crippen LogP contribution in [0.2, 0.25) is 5.02 Å². The summed E-state index contributed by atoms with van der Waals surface area (Å²) in [6, 6.07) is 3.64. The van der Waals surface area contributed by atoms with E-state index in [0.29, 0.717) is 31.7 Å². The zero-order valence-corrected chi connectivity index (χ0v) is 12.5. The zero-order chi connectivity index (χ0) is 14.7. The lowest BCUT2D eigenvalue weighted by molar-refractivity contribution is -0.136. The number of aryl methyl sites for hydroxylation is 2. The van der Waals surface area contributed by atoms with Crippen molar-refractivity contribution in [2.75, 3.05) is 19.7 Å². The highest BCUT2D eigenvalue weighted by atomic mass is 35.5. The van der Waals surface area contributed by atoms with Crippen molar-refractivity contribution in [2.24, 2.45) is 0 Å². The molecule has 0 aromatic heterocycles. The molecule has 20 heavy (non-hydrogen) atoms. The third-order valence-corrected chi connectivity index (χ3v) is 4.04. The van der Waals surface area contributed by atoms with Crippen molar-refractivity contribution in [3.8, 4) is 5.75 Å². The van der Waals surface area contributed by atoms with Crippen molar-refractivity contribution in [1.29, 1.82) is 0 Å². The Morgan fingerprint density at radius 3 is 2.35 bits per heavy atom. The Morgan fingerprint density at radius 2 is 1.80 bits per heavy atom. The van der Waals surface area contributed by atoms with Gasteiger partial charge in [-0.3, -0.25) is 9.59 Å². The number of amides is 1. The third kappa shape index (κ3) is 3.51. The maximum Gasteiger partial charge on any atom is 0.260 e. The summed E-state index contributed by atoms with van der Waals surface area (Å²) in [7, 11) is 0. The molecule has 0 radical (unpaired) electrons. The van der Waals surface area contributed by atoms with Crippen LogP contribution < -0.4 is 4.74 Å². The Hall–Kier alpha value is -1.55. The zero-order valence-electron chi connectivity index (χ0n) is 11.7. The topological polar surface area (TPSA) is 46.6 Å². The first kappa shape index (κ1) is 14.9. The molecule has 1 aromatic rings. The summed E-state index contributed by atoms with van der Waals surface area (Å²) in [6.07, 6.45) is 0.899. The van der Waals surface area contributed by atoms with E-state index in [1.54, 1.807) is 4.90 Å². The van der Waals surface area contributed by atoms with E-state index >= 15 is 0 Å². The van der Waals surface area contributed by atoms with Gasteiger partial charge in [0.1, 0.15) is 11.5 Å². The molecule has 0 saturated carbocycles. The van der Waals surface area contributed by atoms with Gasteiger partial charge in [0.15, 0.2) is 6.61 Å². The van der Waals surface area contributed by atoms with Crippen LogP contribution in [0.15, 0.2) is 12.1 Å². The highest BCUT2D eigenvalue weighted by molar-refractivity contribution is 6.32. The second-order valence-electron chi connectivity index (χ2n) is 5.08. The smallest absolute Gasteiger partial charge is 0.260 e. The molecule has 2 rings (SSSR count). The fraction of sp³-hybridized carbons (Fsp3) is 0.467. The average Bonchev–Trinajstić information content (AvgIpc) is 2.42. The molecule has 0 aliphatic carbocycles. The van der Waals surface area contributed by atoms with E-state index in [2.05, 4.69) is 0 Å². The summed E-state index contributed by atoms with van der Waals surface area (Å²) in [5.41, 5.74) is 1.86. The van der Waals surface area contributed by atoms with Gasteiger partial charge in [-0.25, -0.2) is 0 Å². The molecular formula is C15H18ClNO3. The minimum absolute atomic E-state index is 0.00526. The Kier molecular flexibility index (Phi) is 4.65. The van der Waals surface area contributed by atoms with E-state index in [0.717, 1.165) is 16.1 Å². The minimum atomic E-state index is -0.0808. The third-order valence-electron chi connectivity index (χ3n) is 3.45. The number of hydrogen-bond acceptors (Lipinski definition) is 3. The molecule has 1 aliphatic heterocycles. The van der Waals surface area contributed by atoms with E-state index in [1.165, 1.54) is 0 Å². The molecule has 1 heterocycles. The van der Waals surface area contributed by atoms with E-state index in [9.17, 15) is 9.59 Å². The number of piperidine rings is 1. The number of benzene rings is 1. The largest absolute Gasteiger partial charge is 0.484 e. The first-order valence-corrected chi connectivity index (χ1v) is 7.04. The Labute approximate surface area is 123 Å². The van der Waals surface area contributed by atoms with Crippen LogP contribution in [-0.4, -0.2) is 36.3 Å². The second kappa shape index (κ2) is 6.27. The quantitative estimate of drug-likeness (QED) is 0.861. The number of carbonyl (C=O) groups excluding carboxylic acids is 2. The lowest BCUT2D eigenvalue weighted by Gasteiger charge is -2.26. The van der Waals surface area contributed by atoms with Crippen molar-refractivity contribution in [3.63, 3.8) is 0 Å². The Bertz CT molecular complexity index is 509. The number of ketones is 1. The molecule has 0 unspecified atom stereocenters. The summed E-state index contributed by atoms with van der Waals surface area (Å²) in [5.74, 6) is 0.785. The summed E-state index contributed by atoms with van der Waals surface area (Å²) in [5, 5.41) is 0.721. The van der Waals surface area contributed by atoms with Gasteiger partial charge < -0.3 is 9.64 Å². The fourth-order valence-electron chi connectivity index (χ4n) is 2.23. The van der Waals surface area contributed by atoms with Crippen LogP contribution in [0.25, 0.3) is 0 Å². The normalized spacial score (nSPS) is 15.3. The van der Waals surface area contributed by atoms with Crippen molar-refractivity contribution in [2.45, 2.75) is 26.7 Å². The molecule has 0 spiro atoms. The molecule has 1 saturated heterocycles.